The van der Waals surface area contributed by atoms with Gasteiger partial charge in [0.15, 0.2) is 0 Å². The number of H-pyrrole nitrogens is 1. The lowest BCUT2D eigenvalue weighted by Crippen LogP contribution is -2.44. The highest BCUT2D eigenvalue weighted by atomic mass is 16.5. The maximum absolute atomic E-state index is 8.08. The molecule has 0 aliphatic carbocycles. The number of nitrogens with one attached hydrogen (secondary N) is 3. The first kappa shape index (κ1) is 21.7. The van der Waals surface area contributed by atoms with E-state index in [2.05, 4.69) is 39.5 Å². The van der Waals surface area contributed by atoms with Gasteiger partial charge >= 0.3 is 0 Å². The minimum atomic E-state index is 0.171. The average molecular weight is 455 g/mol. The summed E-state index contributed by atoms with van der Waals surface area (Å²) in [5.41, 5.74) is 2.80. The zero-order valence-electron chi connectivity index (χ0n) is 18.9. The van der Waals surface area contributed by atoms with E-state index in [4.69, 9.17) is 19.9 Å². The van der Waals surface area contributed by atoms with E-state index in [0.717, 1.165) is 23.5 Å². The lowest BCUT2D eigenvalue weighted by molar-refractivity contribution is 0.0985. The predicted octanol–water partition coefficient (Wildman–Crippen LogP) is 5.23. The van der Waals surface area contributed by atoms with Crippen LogP contribution in [0.2, 0.25) is 0 Å². The first-order chi connectivity index (χ1) is 16.7. The normalized spacial score (nSPS) is 15.7. The number of rotatable bonds is 7. The van der Waals surface area contributed by atoms with Crippen molar-refractivity contribution in [1.29, 1.82) is 5.41 Å². The third-order valence-electron chi connectivity index (χ3n) is 5.76. The van der Waals surface area contributed by atoms with Crippen LogP contribution in [0.5, 0.6) is 11.5 Å². The third-order valence-corrected chi connectivity index (χ3v) is 5.76. The summed E-state index contributed by atoms with van der Waals surface area (Å²) >= 11 is 0. The van der Waals surface area contributed by atoms with Crippen molar-refractivity contribution >= 4 is 23.7 Å². The number of nitrogens with zero attached hydrogens (tertiary/aromatic N) is 3. The van der Waals surface area contributed by atoms with E-state index in [9.17, 15) is 0 Å². The molecule has 1 atom stereocenters. The van der Waals surface area contributed by atoms with Gasteiger partial charge in [-0.1, -0.05) is 42.5 Å². The molecule has 0 spiro atoms. The summed E-state index contributed by atoms with van der Waals surface area (Å²) in [4.78, 5) is 7.02. The lowest BCUT2D eigenvalue weighted by Gasteiger charge is -2.34. The Morgan fingerprint density at radius 2 is 1.91 bits per heavy atom. The Bertz CT molecular complexity index is 1240. The van der Waals surface area contributed by atoms with Crippen molar-refractivity contribution in [3.63, 3.8) is 0 Å². The molecular weight excluding hydrogens is 428 g/mol. The zero-order chi connectivity index (χ0) is 23.3. The Kier molecular flexibility index (Phi) is 6.22. The highest BCUT2D eigenvalue weighted by molar-refractivity contribution is 5.90. The first-order valence-corrected chi connectivity index (χ1v) is 11.2. The van der Waals surface area contributed by atoms with Gasteiger partial charge in [0.25, 0.3) is 0 Å². The molecule has 1 fully saturated rings. The molecular formula is C26H26N6O2. The maximum atomic E-state index is 8.08. The predicted molar refractivity (Wildman–Crippen MR) is 134 cm³/mol. The van der Waals surface area contributed by atoms with Gasteiger partial charge in [-0.25, -0.2) is 4.98 Å². The summed E-state index contributed by atoms with van der Waals surface area (Å²) in [6.07, 6.45) is 2.91. The van der Waals surface area contributed by atoms with Crippen LogP contribution in [0, 0.1) is 5.41 Å². The van der Waals surface area contributed by atoms with Gasteiger partial charge < -0.3 is 25.1 Å². The number of ether oxygens (including phenoxy) is 2. The van der Waals surface area contributed by atoms with Crippen molar-refractivity contribution in [1.82, 2.24) is 15.2 Å². The minimum Gasteiger partial charge on any atom is -0.456 e. The molecule has 3 N–H and O–H groups in total. The van der Waals surface area contributed by atoms with Crippen LogP contribution in [0.3, 0.4) is 0 Å². The van der Waals surface area contributed by atoms with Crippen LogP contribution in [0.25, 0.3) is 11.1 Å². The number of hydrogen-bond donors (Lipinski definition) is 3. The number of anilines is 3. The number of pyridine rings is 1. The van der Waals surface area contributed by atoms with E-state index in [1.165, 1.54) is 6.21 Å². The molecule has 4 aromatic rings. The number of morpholine rings is 1. The van der Waals surface area contributed by atoms with Gasteiger partial charge in [0.2, 0.25) is 0 Å². The molecule has 0 bridgehead atoms. The average Bonchev–Trinajstić information content (AvgIpc) is 3.38. The van der Waals surface area contributed by atoms with Gasteiger partial charge in [-0.2, -0.15) is 5.10 Å². The number of hydrogen-bond acceptors (Lipinski definition) is 7. The van der Waals surface area contributed by atoms with Gasteiger partial charge in [0.1, 0.15) is 29.0 Å². The van der Waals surface area contributed by atoms with Crippen molar-refractivity contribution in [2.75, 3.05) is 30.0 Å². The summed E-state index contributed by atoms with van der Waals surface area (Å²) in [6.45, 7) is 4.11. The highest BCUT2D eigenvalue weighted by Gasteiger charge is 2.23. The molecule has 2 aromatic heterocycles. The summed E-state index contributed by atoms with van der Waals surface area (Å²) in [7, 11) is 0. The molecule has 1 saturated heterocycles. The Balaban J connectivity index is 1.50. The quantitative estimate of drug-likeness (QED) is 0.331. The van der Waals surface area contributed by atoms with E-state index < -0.39 is 0 Å². The second kappa shape index (κ2) is 9.76. The van der Waals surface area contributed by atoms with Crippen molar-refractivity contribution in [2.24, 2.45) is 0 Å². The zero-order valence-corrected chi connectivity index (χ0v) is 18.9. The van der Waals surface area contributed by atoms with Crippen LogP contribution in [-0.4, -0.2) is 47.2 Å². The Hall–Kier alpha value is -4.17. The Labute approximate surface area is 198 Å². The summed E-state index contributed by atoms with van der Waals surface area (Å²) in [5, 5.41) is 18.2. The van der Waals surface area contributed by atoms with E-state index in [0.29, 0.717) is 41.9 Å². The molecule has 34 heavy (non-hydrogen) atoms. The van der Waals surface area contributed by atoms with Crippen LogP contribution < -0.4 is 15.0 Å². The lowest BCUT2D eigenvalue weighted by atomic mass is 10.1. The molecule has 0 saturated carbocycles. The van der Waals surface area contributed by atoms with Crippen molar-refractivity contribution in [3.05, 3.63) is 78.5 Å². The van der Waals surface area contributed by atoms with Crippen LogP contribution >= 0.6 is 0 Å². The third kappa shape index (κ3) is 4.62. The van der Waals surface area contributed by atoms with E-state index in [1.54, 1.807) is 6.20 Å². The van der Waals surface area contributed by atoms with Crippen LogP contribution in [-0.2, 0) is 4.74 Å². The molecule has 0 unspecified atom stereocenters. The molecule has 8 heteroatoms. The highest BCUT2D eigenvalue weighted by Crippen LogP contribution is 2.35. The van der Waals surface area contributed by atoms with Crippen molar-refractivity contribution < 1.29 is 9.47 Å². The molecule has 0 radical (unpaired) electrons. The smallest absolute Gasteiger partial charge is 0.146 e. The van der Waals surface area contributed by atoms with Gasteiger partial charge in [0, 0.05) is 24.9 Å². The molecule has 1 aliphatic heterocycles. The second-order valence-corrected chi connectivity index (χ2v) is 8.09. The fraction of sp³-hybridized carbons (Fsp3) is 0.192. The van der Waals surface area contributed by atoms with Gasteiger partial charge in [0.05, 0.1) is 31.0 Å². The number of aromatic amines is 1. The SMILES string of the molecule is C[C@@H]1COCCN1c1cc(Oc2ccc(-c3ccccc3)cc2)c(C=N)c(Nc2ccn[nH]2)n1. The fourth-order valence-electron chi connectivity index (χ4n) is 3.98. The molecule has 172 valence electrons. The van der Waals surface area contributed by atoms with Gasteiger partial charge in [-0.05, 0) is 30.2 Å². The number of aromatic nitrogens is 3. The molecule has 5 rings (SSSR count). The summed E-state index contributed by atoms with van der Waals surface area (Å²) in [6, 6.07) is 22.0. The van der Waals surface area contributed by atoms with Crippen molar-refractivity contribution in [3.8, 4) is 22.6 Å². The second-order valence-electron chi connectivity index (χ2n) is 8.09. The number of benzene rings is 2. The van der Waals surface area contributed by atoms with E-state index in [1.807, 2.05) is 54.6 Å². The monoisotopic (exact) mass is 454 g/mol. The minimum absolute atomic E-state index is 0.171. The molecule has 0 amide bonds. The Morgan fingerprint density at radius 1 is 1.12 bits per heavy atom. The molecule has 8 nitrogen and oxygen atoms in total. The van der Waals surface area contributed by atoms with Crippen LogP contribution in [0.1, 0.15) is 12.5 Å². The van der Waals surface area contributed by atoms with Crippen LogP contribution in [0.4, 0.5) is 17.5 Å². The topological polar surface area (TPSA) is 99.1 Å². The largest absolute Gasteiger partial charge is 0.456 e. The first-order valence-electron chi connectivity index (χ1n) is 11.2. The molecule has 3 heterocycles. The van der Waals surface area contributed by atoms with Gasteiger partial charge in [-0.15, -0.1) is 0 Å². The standard InChI is InChI=1S/C26H26N6O2/c1-18-17-33-14-13-32(18)25-15-23(22(16-27)26(30-25)29-24-11-12-28-31-24)34-21-9-7-20(8-10-21)19-5-3-2-4-6-19/h2-12,15-16,18,27H,13-14,17H2,1H3,(H2,28,29,30,31)/t18-/m1/s1. The molecule has 2 aromatic carbocycles. The summed E-state index contributed by atoms with van der Waals surface area (Å²) < 4.78 is 11.9. The van der Waals surface area contributed by atoms with E-state index in [-0.39, 0.29) is 6.04 Å². The Morgan fingerprint density at radius 3 is 2.62 bits per heavy atom. The molecule has 1 aliphatic rings. The fourth-order valence-corrected chi connectivity index (χ4v) is 3.98. The van der Waals surface area contributed by atoms with E-state index >= 15 is 0 Å². The van der Waals surface area contributed by atoms with Crippen LogP contribution in [0.15, 0.2) is 72.9 Å². The van der Waals surface area contributed by atoms with Crippen molar-refractivity contribution in [2.45, 2.75) is 13.0 Å². The van der Waals surface area contributed by atoms with Gasteiger partial charge in [-0.3, -0.25) is 5.10 Å². The maximum Gasteiger partial charge on any atom is 0.146 e. The summed E-state index contributed by atoms with van der Waals surface area (Å²) in [5.74, 6) is 3.20.